The molecule has 0 saturated carbocycles. The van der Waals surface area contributed by atoms with Crippen LogP contribution in [0.1, 0.15) is 56.6 Å². The first kappa shape index (κ1) is 34.6. The van der Waals surface area contributed by atoms with Crippen molar-refractivity contribution in [1.82, 2.24) is 9.80 Å². The minimum atomic E-state index is -0.926. The zero-order valence-corrected chi connectivity index (χ0v) is 28.3. The van der Waals surface area contributed by atoms with E-state index >= 15 is 0 Å². The fourth-order valence-corrected chi connectivity index (χ4v) is 8.02. The number of allylic oxidation sites excluding steroid dienone is 1. The van der Waals surface area contributed by atoms with E-state index in [1.807, 2.05) is 60.7 Å². The third-order valence-electron chi connectivity index (χ3n) is 10.5. The van der Waals surface area contributed by atoms with E-state index in [2.05, 4.69) is 24.0 Å². The lowest BCUT2D eigenvalue weighted by atomic mass is 9.68. The summed E-state index contributed by atoms with van der Waals surface area (Å²) >= 11 is 0. The summed E-state index contributed by atoms with van der Waals surface area (Å²) in [6.45, 7) is 4.31. The van der Waals surface area contributed by atoms with Crippen LogP contribution in [-0.4, -0.2) is 75.4 Å². The maximum absolute atomic E-state index is 14.2. The molecule has 0 bridgehead atoms. The van der Waals surface area contributed by atoms with Crippen molar-refractivity contribution in [3.63, 3.8) is 0 Å². The van der Waals surface area contributed by atoms with Crippen LogP contribution < -0.4 is 4.74 Å². The summed E-state index contributed by atoms with van der Waals surface area (Å²) in [6, 6.07) is 26.6. The van der Waals surface area contributed by atoms with Crippen LogP contribution in [0, 0.1) is 17.8 Å². The minimum Gasteiger partial charge on any atom is -0.508 e. The number of rotatable bonds is 13. The summed E-state index contributed by atoms with van der Waals surface area (Å²) in [5, 5.41) is 32.6. The molecule has 3 aliphatic rings. The maximum atomic E-state index is 14.2. The molecule has 2 saturated heterocycles. The summed E-state index contributed by atoms with van der Waals surface area (Å²) in [5.74, 6) is -1.49. The molecule has 8 nitrogen and oxygen atoms in total. The number of para-hydroxylation sites is 1. The Labute approximate surface area is 289 Å². The van der Waals surface area contributed by atoms with Crippen molar-refractivity contribution in [2.45, 2.75) is 64.1 Å². The molecule has 0 radical (unpaired) electrons. The number of likely N-dealkylation sites (tertiary alicyclic amines) is 2. The second-order valence-electron chi connectivity index (χ2n) is 13.6. The first-order valence-corrected chi connectivity index (χ1v) is 17.7. The lowest BCUT2D eigenvalue weighted by molar-refractivity contribution is -0.144. The first-order chi connectivity index (χ1) is 23.9. The van der Waals surface area contributed by atoms with E-state index in [0.29, 0.717) is 43.4 Å². The number of fused-ring (bicyclic) bond motifs is 1. The van der Waals surface area contributed by atoms with E-state index < -0.39 is 23.9 Å². The Kier molecular flexibility index (Phi) is 11.3. The number of phenolic OH excluding ortho intramolecular Hbond substituents is 1. The quantitative estimate of drug-likeness (QED) is 0.152. The first-order valence-electron chi connectivity index (χ1n) is 17.7. The zero-order valence-electron chi connectivity index (χ0n) is 28.3. The van der Waals surface area contributed by atoms with Gasteiger partial charge in [-0.15, -0.1) is 0 Å². The number of hydrogen-bond donors (Lipinski definition) is 3. The van der Waals surface area contributed by atoms with Gasteiger partial charge in [-0.3, -0.25) is 19.4 Å². The van der Waals surface area contributed by atoms with Gasteiger partial charge in [0.15, 0.2) is 0 Å². The van der Waals surface area contributed by atoms with Crippen molar-refractivity contribution < 1.29 is 29.6 Å². The average Bonchev–Trinajstić information content (AvgIpc) is 3.37. The standard InChI is InChI=1S/C41H48N2O6/c1-2-28(22-30-12-9-13-33(45)23-30)16-17-37(46)38-31(27-49-34-14-7-4-8-15-34)24-35-39(36(38)26-44)41(48)43(40(35)47)32-18-20-42(21-19-32)25-29-10-5-3-6-11-29/h3-15,22-23,32,35-37,39,44-46H,2,16-21,24-27H2,1H3/b28-22+/t35-,36+,37-,39-/m1/s1. The van der Waals surface area contributed by atoms with Gasteiger partial charge < -0.3 is 20.1 Å². The number of carbonyl (C=O) groups excluding carboxylic acids is 2. The molecular weight excluding hydrogens is 616 g/mol. The molecule has 0 unspecified atom stereocenters. The number of amides is 2. The largest absolute Gasteiger partial charge is 0.508 e. The molecule has 3 aromatic rings. The third-order valence-corrected chi connectivity index (χ3v) is 10.5. The highest BCUT2D eigenvalue weighted by atomic mass is 16.5. The molecule has 49 heavy (non-hydrogen) atoms. The van der Waals surface area contributed by atoms with Crippen LogP contribution in [0.25, 0.3) is 6.08 Å². The Balaban J connectivity index is 1.21. The number of carbonyl (C=O) groups is 2. The van der Waals surface area contributed by atoms with Crippen LogP contribution in [0.15, 0.2) is 102 Å². The van der Waals surface area contributed by atoms with Crippen molar-refractivity contribution >= 4 is 17.9 Å². The SMILES string of the molecule is CC/C(=C\c1cccc(O)c1)CC[C@@H](O)C1=C(COc2ccccc2)C[C@H]2C(=O)N(C3CCN(Cc4ccccc4)CC3)C(=O)[C@H]2[C@H]1CO. The molecule has 0 spiro atoms. The summed E-state index contributed by atoms with van der Waals surface area (Å²) in [7, 11) is 0. The van der Waals surface area contributed by atoms with Crippen LogP contribution in [-0.2, 0) is 16.1 Å². The van der Waals surface area contributed by atoms with E-state index in [0.717, 1.165) is 42.8 Å². The number of benzene rings is 3. The molecule has 6 rings (SSSR count). The molecule has 3 N–H and O–H groups in total. The van der Waals surface area contributed by atoms with E-state index in [9.17, 15) is 24.9 Å². The van der Waals surface area contributed by atoms with Gasteiger partial charge in [0.05, 0.1) is 24.5 Å². The predicted octanol–water partition coefficient (Wildman–Crippen LogP) is 5.98. The van der Waals surface area contributed by atoms with Gasteiger partial charge in [-0.2, -0.15) is 0 Å². The Morgan fingerprint density at radius 3 is 2.35 bits per heavy atom. The smallest absolute Gasteiger partial charge is 0.234 e. The van der Waals surface area contributed by atoms with Crippen molar-refractivity contribution in [2.24, 2.45) is 17.8 Å². The second-order valence-corrected chi connectivity index (χ2v) is 13.6. The normalized spacial score (nSPS) is 22.8. The predicted molar refractivity (Wildman–Crippen MR) is 189 cm³/mol. The van der Waals surface area contributed by atoms with E-state index in [-0.39, 0.29) is 36.8 Å². The number of ether oxygens (including phenoxy) is 1. The van der Waals surface area contributed by atoms with Gasteiger partial charge in [0.2, 0.25) is 11.8 Å². The number of phenols is 1. The maximum Gasteiger partial charge on any atom is 0.234 e. The van der Waals surface area contributed by atoms with Crippen LogP contribution in [0.3, 0.4) is 0 Å². The van der Waals surface area contributed by atoms with Crippen molar-refractivity contribution in [1.29, 1.82) is 0 Å². The second kappa shape index (κ2) is 16.0. The van der Waals surface area contributed by atoms with Crippen molar-refractivity contribution in [2.75, 3.05) is 26.3 Å². The molecule has 8 heteroatoms. The Morgan fingerprint density at radius 1 is 0.959 bits per heavy atom. The highest BCUT2D eigenvalue weighted by Crippen LogP contribution is 2.47. The number of piperidine rings is 1. The Hall–Kier alpha value is -4.24. The summed E-state index contributed by atoms with van der Waals surface area (Å²) in [4.78, 5) is 32.2. The lowest BCUT2D eigenvalue weighted by Gasteiger charge is -2.37. The molecule has 4 atom stereocenters. The van der Waals surface area contributed by atoms with Gasteiger partial charge in [-0.25, -0.2) is 0 Å². The molecule has 3 aromatic carbocycles. The fourth-order valence-electron chi connectivity index (χ4n) is 8.02. The van der Waals surface area contributed by atoms with Gasteiger partial charge in [0.1, 0.15) is 18.1 Å². The summed E-state index contributed by atoms with van der Waals surface area (Å²) in [6.07, 6.45) is 4.60. The number of hydrogen-bond acceptors (Lipinski definition) is 7. The van der Waals surface area contributed by atoms with Crippen LogP contribution in [0.4, 0.5) is 0 Å². The Morgan fingerprint density at radius 2 is 1.67 bits per heavy atom. The fraction of sp³-hybridized carbons (Fsp3) is 0.415. The topological polar surface area (TPSA) is 111 Å². The molecule has 2 aliphatic heterocycles. The summed E-state index contributed by atoms with van der Waals surface area (Å²) in [5.41, 5.74) is 4.66. The van der Waals surface area contributed by atoms with E-state index in [4.69, 9.17) is 4.74 Å². The van der Waals surface area contributed by atoms with E-state index in [1.54, 1.807) is 18.2 Å². The highest BCUT2D eigenvalue weighted by molar-refractivity contribution is 6.06. The van der Waals surface area contributed by atoms with Gasteiger partial charge in [-0.05, 0) is 85.1 Å². The molecule has 2 heterocycles. The number of imide groups is 1. The molecular formula is C41H48N2O6. The molecule has 0 aromatic heterocycles. The number of aromatic hydroxyl groups is 1. The molecule has 1 aliphatic carbocycles. The highest BCUT2D eigenvalue weighted by Gasteiger charge is 2.56. The van der Waals surface area contributed by atoms with Crippen LogP contribution >= 0.6 is 0 Å². The molecule has 2 fully saturated rings. The van der Waals surface area contributed by atoms with Crippen molar-refractivity contribution in [3.05, 3.63) is 113 Å². The number of nitrogens with zero attached hydrogens (tertiary/aromatic N) is 2. The number of aliphatic hydroxyl groups excluding tert-OH is 2. The van der Waals surface area contributed by atoms with Gasteiger partial charge >= 0.3 is 0 Å². The minimum absolute atomic E-state index is 0.162. The molecule has 258 valence electrons. The zero-order chi connectivity index (χ0) is 34.3. The summed E-state index contributed by atoms with van der Waals surface area (Å²) < 4.78 is 6.17. The third kappa shape index (κ3) is 7.99. The van der Waals surface area contributed by atoms with Crippen molar-refractivity contribution in [3.8, 4) is 11.5 Å². The monoisotopic (exact) mass is 664 g/mol. The average molecular weight is 665 g/mol. The Bertz CT molecular complexity index is 1650. The van der Waals surface area contributed by atoms with Crippen LogP contribution in [0.5, 0.6) is 11.5 Å². The van der Waals surface area contributed by atoms with Gasteiger partial charge in [0.25, 0.3) is 0 Å². The molecule has 2 amide bonds. The van der Waals surface area contributed by atoms with Crippen LogP contribution in [0.2, 0.25) is 0 Å². The van der Waals surface area contributed by atoms with Gasteiger partial charge in [-0.1, -0.05) is 79.2 Å². The lowest BCUT2D eigenvalue weighted by Crippen LogP contribution is -2.47. The number of aliphatic hydroxyl groups is 2. The van der Waals surface area contributed by atoms with E-state index in [1.165, 1.54) is 10.5 Å². The van der Waals surface area contributed by atoms with Gasteiger partial charge in [0, 0.05) is 31.6 Å².